The number of benzene rings is 1. The molecule has 4 aliphatic carbocycles. The minimum Gasteiger partial charge on any atom is -0.497 e. The average Bonchev–Trinajstić information content (AvgIpc) is 2.38. The maximum atomic E-state index is 5.27. The Bertz CT molecular complexity index is 405. The van der Waals surface area contributed by atoms with E-state index in [4.69, 9.17) is 4.74 Å². The summed E-state index contributed by atoms with van der Waals surface area (Å²) in [5, 5.41) is 0. The van der Waals surface area contributed by atoms with Gasteiger partial charge < -0.3 is 4.74 Å². The lowest BCUT2D eigenvalue weighted by Gasteiger charge is -2.54. The average molecular weight is 242 g/mol. The van der Waals surface area contributed by atoms with Crippen LogP contribution < -0.4 is 4.74 Å². The molecule has 4 saturated carbocycles. The van der Waals surface area contributed by atoms with Gasteiger partial charge in [-0.2, -0.15) is 0 Å². The fraction of sp³-hybridized carbons (Fsp3) is 0.647. The van der Waals surface area contributed by atoms with Crippen molar-refractivity contribution in [1.82, 2.24) is 0 Å². The lowest BCUT2D eigenvalue weighted by Crippen LogP contribution is -2.43. The highest BCUT2D eigenvalue weighted by molar-refractivity contribution is 5.31. The third-order valence-corrected chi connectivity index (χ3v) is 5.73. The van der Waals surface area contributed by atoms with Crippen LogP contribution in [0.5, 0.6) is 5.75 Å². The third-order valence-electron chi connectivity index (χ3n) is 5.73. The summed E-state index contributed by atoms with van der Waals surface area (Å²) >= 11 is 0. The zero-order valence-corrected chi connectivity index (χ0v) is 11.1. The first-order valence-corrected chi connectivity index (χ1v) is 7.47. The van der Waals surface area contributed by atoms with Crippen LogP contribution >= 0.6 is 0 Å². The molecule has 4 fully saturated rings. The standard InChI is InChI=1S/C17H22O/c1-18-16-4-2-13(3-5-16)17-14-7-11-6-12(9-14)10-15(17)8-11/h2-5,11-12,14-15,17H,6-10H2,1H3. The Hall–Kier alpha value is -0.980. The Labute approximate surface area is 110 Å². The molecule has 5 rings (SSSR count). The second-order valence-electron chi connectivity index (χ2n) is 6.73. The molecule has 0 unspecified atom stereocenters. The second kappa shape index (κ2) is 4.01. The molecule has 0 N–H and O–H groups in total. The van der Waals surface area contributed by atoms with Crippen molar-refractivity contribution in [2.24, 2.45) is 23.7 Å². The smallest absolute Gasteiger partial charge is 0.118 e. The van der Waals surface area contributed by atoms with Gasteiger partial charge in [-0.1, -0.05) is 12.1 Å². The van der Waals surface area contributed by atoms with Crippen molar-refractivity contribution in [2.75, 3.05) is 7.11 Å². The van der Waals surface area contributed by atoms with Crippen LogP contribution in [0.25, 0.3) is 0 Å². The van der Waals surface area contributed by atoms with Gasteiger partial charge in [-0.05, 0) is 79.4 Å². The van der Waals surface area contributed by atoms with Crippen LogP contribution in [0.1, 0.15) is 43.6 Å². The van der Waals surface area contributed by atoms with Crippen LogP contribution in [0.3, 0.4) is 0 Å². The van der Waals surface area contributed by atoms with E-state index >= 15 is 0 Å². The van der Waals surface area contributed by atoms with Crippen molar-refractivity contribution < 1.29 is 4.74 Å². The van der Waals surface area contributed by atoms with Crippen molar-refractivity contribution in [3.63, 3.8) is 0 Å². The van der Waals surface area contributed by atoms with E-state index in [2.05, 4.69) is 24.3 Å². The van der Waals surface area contributed by atoms with E-state index in [0.29, 0.717) is 0 Å². The zero-order valence-electron chi connectivity index (χ0n) is 11.1. The maximum Gasteiger partial charge on any atom is 0.118 e. The number of methoxy groups -OCH3 is 1. The van der Waals surface area contributed by atoms with Gasteiger partial charge in [0, 0.05) is 0 Å². The van der Waals surface area contributed by atoms with Gasteiger partial charge in [-0.15, -0.1) is 0 Å². The van der Waals surface area contributed by atoms with Gasteiger partial charge in [0.1, 0.15) is 5.75 Å². The van der Waals surface area contributed by atoms with Crippen molar-refractivity contribution >= 4 is 0 Å². The fourth-order valence-corrected chi connectivity index (χ4v) is 5.30. The molecule has 0 aromatic heterocycles. The zero-order chi connectivity index (χ0) is 12.1. The molecule has 18 heavy (non-hydrogen) atoms. The lowest BCUT2D eigenvalue weighted by molar-refractivity contribution is -0.00279. The Morgan fingerprint density at radius 1 is 0.833 bits per heavy atom. The molecule has 0 spiro atoms. The summed E-state index contributed by atoms with van der Waals surface area (Å²) in [7, 11) is 1.75. The summed E-state index contributed by atoms with van der Waals surface area (Å²) in [4.78, 5) is 0. The molecule has 4 aliphatic rings. The second-order valence-corrected chi connectivity index (χ2v) is 6.73. The molecule has 0 aliphatic heterocycles. The van der Waals surface area contributed by atoms with Crippen LogP contribution in [0.4, 0.5) is 0 Å². The first-order chi connectivity index (χ1) is 8.83. The predicted molar refractivity (Wildman–Crippen MR) is 72.8 cm³/mol. The van der Waals surface area contributed by atoms with Crippen molar-refractivity contribution in [1.29, 1.82) is 0 Å². The number of rotatable bonds is 2. The van der Waals surface area contributed by atoms with Gasteiger partial charge in [-0.3, -0.25) is 0 Å². The van der Waals surface area contributed by atoms with Crippen LogP contribution in [0, 0.1) is 23.7 Å². The Kier molecular flexibility index (Phi) is 2.43. The molecule has 0 atom stereocenters. The van der Waals surface area contributed by atoms with E-state index in [1.807, 2.05) is 0 Å². The first-order valence-electron chi connectivity index (χ1n) is 7.47. The summed E-state index contributed by atoms with van der Waals surface area (Å²) in [6.07, 6.45) is 7.56. The number of hydrogen-bond acceptors (Lipinski definition) is 1. The minimum atomic E-state index is 0.851. The SMILES string of the molecule is COc1ccc(C2C3CC4CC(C3)CC2C4)cc1. The Morgan fingerprint density at radius 3 is 1.89 bits per heavy atom. The first kappa shape index (κ1) is 10.9. The van der Waals surface area contributed by atoms with E-state index in [9.17, 15) is 0 Å². The molecule has 4 bridgehead atoms. The predicted octanol–water partition coefficient (Wildman–Crippen LogP) is 4.23. The van der Waals surface area contributed by atoms with E-state index in [1.165, 1.54) is 25.7 Å². The minimum absolute atomic E-state index is 0.851. The van der Waals surface area contributed by atoms with Crippen LogP contribution in [0.2, 0.25) is 0 Å². The van der Waals surface area contributed by atoms with E-state index in [1.54, 1.807) is 19.1 Å². The highest BCUT2D eigenvalue weighted by Gasteiger charge is 2.48. The lowest BCUT2D eigenvalue weighted by atomic mass is 9.51. The van der Waals surface area contributed by atoms with Gasteiger partial charge >= 0.3 is 0 Å². The van der Waals surface area contributed by atoms with Gasteiger partial charge in [0.15, 0.2) is 0 Å². The molecular weight excluding hydrogens is 220 g/mol. The summed E-state index contributed by atoms with van der Waals surface area (Å²) in [5.74, 6) is 5.94. The summed E-state index contributed by atoms with van der Waals surface area (Å²) in [5.41, 5.74) is 1.57. The third kappa shape index (κ3) is 1.60. The summed E-state index contributed by atoms with van der Waals surface area (Å²) in [6, 6.07) is 8.90. The van der Waals surface area contributed by atoms with Crippen LogP contribution in [-0.2, 0) is 0 Å². The monoisotopic (exact) mass is 242 g/mol. The topological polar surface area (TPSA) is 9.23 Å². The summed E-state index contributed by atoms with van der Waals surface area (Å²) in [6.45, 7) is 0. The largest absolute Gasteiger partial charge is 0.497 e. The molecule has 0 amide bonds. The van der Waals surface area contributed by atoms with Crippen molar-refractivity contribution in [3.05, 3.63) is 29.8 Å². The Morgan fingerprint density at radius 2 is 1.39 bits per heavy atom. The summed E-state index contributed by atoms with van der Waals surface area (Å²) < 4.78 is 5.27. The molecule has 1 heteroatoms. The highest BCUT2D eigenvalue weighted by atomic mass is 16.5. The molecule has 0 saturated heterocycles. The van der Waals surface area contributed by atoms with Crippen LogP contribution in [0.15, 0.2) is 24.3 Å². The van der Waals surface area contributed by atoms with E-state index < -0.39 is 0 Å². The van der Waals surface area contributed by atoms with Gasteiger partial charge in [-0.25, -0.2) is 0 Å². The molecule has 96 valence electrons. The maximum absolute atomic E-state index is 5.27. The van der Waals surface area contributed by atoms with Crippen molar-refractivity contribution in [3.8, 4) is 5.75 Å². The van der Waals surface area contributed by atoms with E-state index in [0.717, 1.165) is 35.3 Å². The van der Waals surface area contributed by atoms with Crippen molar-refractivity contribution in [2.45, 2.75) is 38.0 Å². The van der Waals surface area contributed by atoms with Gasteiger partial charge in [0.2, 0.25) is 0 Å². The van der Waals surface area contributed by atoms with E-state index in [-0.39, 0.29) is 0 Å². The molecule has 0 radical (unpaired) electrons. The number of hydrogen-bond donors (Lipinski definition) is 0. The molecule has 1 nitrogen and oxygen atoms in total. The van der Waals surface area contributed by atoms with Crippen LogP contribution in [-0.4, -0.2) is 7.11 Å². The number of ether oxygens (including phenoxy) is 1. The molecule has 0 heterocycles. The molecule has 1 aromatic carbocycles. The fourth-order valence-electron chi connectivity index (χ4n) is 5.30. The Balaban J connectivity index is 1.63. The van der Waals surface area contributed by atoms with Gasteiger partial charge in [0.05, 0.1) is 7.11 Å². The molecule has 1 aromatic rings. The molecular formula is C17H22O. The normalized spacial score (nSPS) is 41.1. The quantitative estimate of drug-likeness (QED) is 0.754. The van der Waals surface area contributed by atoms with Gasteiger partial charge in [0.25, 0.3) is 0 Å². The highest BCUT2D eigenvalue weighted by Crippen LogP contribution is 2.59.